The number of ether oxygens (including phenoxy) is 3. The first kappa shape index (κ1) is 18.3. The second-order valence-corrected chi connectivity index (χ2v) is 3.83. The minimum absolute atomic E-state index is 0. The molecule has 0 fully saturated rings. The highest BCUT2D eigenvalue weighted by Gasteiger charge is 2.13. The number of nitrogens with one attached hydrogen (secondary N) is 1. The number of halogens is 1. The average molecular weight is 305 g/mol. The van der Waals surface area contributed by atoms with Crippen molar-refractivity contribution in [1.29, 1.82) is 0 Å². The molecule has 3 N–H and O–H groups in total. The molecular weight excluding hydrogens is 284 g/mol. The Morgan fingerprint density at radius 1 is 1.15 bits per heavy atom. The molecule has 1 aromatic carbocycles. The molecular formula is C13H21ClN2O4. The Morgan fingerprint density at radius 3 is 2.10 bits per heavy atom. The van der Waals surface area contributed by atoms with Crippen LogP contribution in [-0.2, 0) is 11.3 Å². The summed E-state index contributed by atoms with van der Waals surface area (Å²) in [6, 6.07) is 3.49. The minimum Gasteiger partial charge on any atom is -0.496 e. The Bertz CT molecular complexity index is 415. The normalized spacial score (nSPS) is 9.40. The van der Waals surface area contributed by atoms with E-state index in [2.05, 4.69) is 5.32 Å². The Balaban J connectivity index is 0.00000361. The van der Waals surface area contributed by atoms with Crippen molar-refractivity contribution in [1.82, 2.24) is 5.32 Å². The number of hydrogen-bond donors (Lipinski definition) is 2. The smallest absolute Gasteiger partial charge is 0.221 e. The van der Waals surface area contributed by atoms with Gasteiger partial charge in [0.15, 0.2) is 0 Å². The molecule has 0 atom stereocenters. The molecule has 1 amide bonds. The lowest BCUT2D eigenvalue weighted by Crippen LogP contribution is -2.25. The molecule has 20 heavy (non-hydrogen) atoms. The summed E-state index contributed by atoms with van der Waals surface area (Å²) >= 11 is 0. The van der Waals surface area contributed by atoms with Gasteiger partial charge in [-0.1, -0.05) is 0 Å². The van der Waals surface area contributed by atoms with E-state index >= 15 is 0 Å². The summed E-state index contributed by atoms with van der Waals surface area (Å²) in [5.74, 6) is 1.72. The predicted molar refractivity (Wildman–Crippen MR) is 78.9 cm³/mol. The third-order valence-corrected chi connectivity index (χ3v) is 2.65. The molecule has 1 aromatic rings. The molecule has 0 aromatic heterocycles. The van der Waals surface area contributed by atoms with Crippen molar-refractivity contribution in [3.63, 3.8) is 0 Å². The van der Waals surface area contributed by atoms with Crippen LogP contribution in [0.1, 0.15) is 12.0 Å². The van der Waals surface area contributed by atoms with Gasteiger partial charge in [0.05, 0.1) is 33.4 Å². The van der Waals surface area contributed by atoms with Crippen molar-refractivity contribution < 1.29 is 19.0 Å². The highest BCUT2D eigenvalue weighted by Crippen LogP contribution is 2.33. The molecule has 1 rings (SSSR count). The summed E-state index contributed by atoms with van der Waals surface area (Å²) in [4.78, 5) is 11.4. The maximum atomic E-state index is 11.4. The highest BCUT2D eigenvalue weighted by molar-refractivity contribution is 5.85. The van der Waals surface area contributed by atoms with Crippen molar-refractivity contribution in [2.24, 2.45) is 5.73 Å². The highest BCUT2D eigenvalue weighted by atomic mass is 35.5. The van der Waals surface area contributed by atoms with Crippen LogP contribution < -0.4 is 25.3 Å². The summed E-state index contributed by atoms with van der Waals surface area (Å²) in [5.41, 5.74) is 6.08. The van der Waals surface area contributed by atoms with Gasteiger partial charge >= 0.3 is 0 Å². The number of methoxy groups -OCH3 is 3. The topological polar surface area (TPSA) is 82.8 Å². The lowest BCUT2D eigenvalue weighted by Gasteiger charge is -2.15. The largest absolute Gasteiger partial charge is 0.496 e. The number of nitrogens with two attached hydrogens (primary N) is 1. The second-order valence-electron chi connectivity index (χ2n) is 3.83. The third-order valence-electron chi connectivity index (χ3n) is 2.65. The zero-order valence-electron chi connectivity index (χ0n) is 11.9. The standard InChI is InChI=1S/C13H20N2O4.ClH/c1-17-9-6-11(18-2)10(12(7-9)19-3)8-15-13(16)4-5-14;/h6-7H,4-5,8,14H2,1-3H3,(H,15,16);1H. The van der Waals surface area contributed by atoms with Gasteiger partial charge in [0.25, 0.3) is 0 Å². The first-order valence-electron chi connectivity index (χ1n) is 5.91. The molecule has 6 nitrogen and oxygen atoms in total. The monoisotopic (exact) mass is 304 g/mol. The van der Waals surface area contributed by atoms with E-state index in [1.165, 1.54) is 0 Å². The number of benzene rings is 1. The molecule has 114 valence electrons. The molecule has 0 spiro atoms. The quantitative estimate of drug-likeness (QED) is 0.788. The van der Waals surface area contributed by atoms with Gasteiger partial charge in [0.2, 0.25) is 5.91 Å². The molecule has 0 heterocycles. The lowest BCUT2D eigenvalue weighted by atomic mass is 10.1. The van der Waals surface area contributed by atoms with Crippen LogP contribution in [0, 0.1) is 0 Å². The Labute approximate surface area is 125 Å². The first-order valence-corrected chi connectivity index (χ1v) is 5.91. The van der Waals surface area contributed by atoms with Crippen molar-refractivity contribution >= 4 is 18.3 Å². The predicted octanol–water partition coefficient (Wildman–Crippen LogP) is 1.10. The second kappa shape index (κ2) is 9.28. The molecule has 0 saturated heterocycles. The fraction of sp³-hybridized carbons (Fsp3) is 0.462. The average Bonchev–Trinajstić information content (AvgIpc) is 2.44. The van der Waals surface area contributed by atoms with Gasteiger partial charge in [-0.25, -0.2) is 0 Å². The van der Waals surface area contributed by atoms with Crippen LogP contribution in [0.5, 0.6) is 17.2 Å². The number of amides is 1. The van der Waals surface area contributed by atoms with E-state index in [4.69, 9.17) is 19.9 Å². The van der Waals surface area contributed by atoms with Gasteiger partial charge in [-0.2, -0.15) is 0 Å². The van der Waals surface area contributed by atoms with E-state index in [0.29, 0.717) is 36.8 Å². The zero-order valence-corrected chi connectivity index (χ0v) is 12.7. The van der Waals surface area contributed by atoms with E-state index in [1.807, 2.05) is 0 Å². The van der Waals surface area contributed by atoms with Gasteiger partial charge in [-0.15, -0.1) is 12.4 Å². The van der Waals surface area contributed by atoms with Crippen LogP contribution in [-0.4, -0.2) is 33.8 Å². The van der Waals surface area contributed by atoms with Crippen molar-refractivity contribution in [3.8, 4) is 17.2 Å². The number of rotatable bonds is 7. The first-order chi connectivity index (χ1) is 9.15. The van der Waals surface area contributed by atoms with Crippen LogP contribution in [0.2, 0.25) is 0 Å². The summed E-state index contributed by atoms with van der Waals surface area (Å²) in [6.07, 6.45) is 0.292. The van der Waals surface area contributed by atoms with Crippen molar-refractivity contribution in [2.45, 2.75) is 13.0 Å². The molecule has 0 radical (unpaired) electrons. The van der Waals surface area contributed by atoms with Crippen LogP contribution in [0.4, 0.5) is 0 Å². The van der Waals surface area contributed by atoms with Crippen LogP contribution >= 0.6 is 12.4 Å². The van der Waals surface area contributed by atoms with E-state index in [0.717, 1.165) is 5.56 Å². The minimum atomic E-state index is -0.109. The molecule has 0 aliphatic carbocycles. The maximum Gasteiger partial charge on any atom is 0.221 e. The lowest BCUT2D eigenvalue weighted by molar-refractivity contribution is -0.121. The van der Waals surface area contributed by atoms with E-state index < -0.39 is 0 Å². The molecule has 7 heteroatoms. The van der Waals surface area contributed by atoms with Crippen LogP contribution in [0.3, 0.4) is 0 Å². The van der Waals surface area contributed by atoms with Gasteiger partial charge < -0.3 is 25.3 Å². The maximum absolute atomic E-state index is 11.4. The van der Waals surface area contributed by atoms with Crippen LogP contribution in [0.15, 0.2) is 12.1 Å². The van der Waals surface area contributed by atoms with Gasteiger partial charge in [-0.3, -0.25) is 4.79 Å². The number of carbonyl (C=O) groups excluding carboxylic acids is 1. The van der Waals surface area contributed by atoms with Crippen molar-refractivity contribution in [3.05, 3.63) is 17.7 Å². The number of hydrogen-bond acceptors (Lipinski definition) is 5. The fourth-order valence-corrected chi connectivity index (χ4v) is 1.66. The molecule has 0 unspecified atom stereocenters. The summed E-state index contributed by atoms with van der Waals surface area (Å²) in [7, 11) is 4.68. The van der Waals surface area contributed by atoms with Gasteiger partial charge in [0.1, 0.15) is 17.2 Å². The third kappa shape index (κ3) is 4.79. The summed E-state index contributed by atoms with van der Waals surface area (Å²) in [6.45, 7) is 0.637. The Kier molecular flexibility index (Phi) is 8.51. The molecule has 0 aliphatic heterocycles. The van der Waals surface area contributed by atoms with E-state index in [-0.39, 0.29) is 18.3 Å². The summed E-state index contributed by atoms with van der Waals surface area (Å²) in [5, 5.41) is 2.77. The zero-order chi connectivity index (χ0) is 14.3. The fourth-order valence-electron chi connectivity index (χ4n) is 1.66. The molecule has 0 saturated carbocycles. The van der Waals surface area contributed by atoms with E-state index in [1.54, 1.807) is 33.5 Å². The molecule has 0 aliphatic rings. The van der Waals surface area contributed by atoms with Crippen LogP contribution in [0.25, 0.3) is 0 Å². The Hall–Kier alpha value is -1.66. The molecule has 0 bridgehead atoms. The van der Waals surface area contributed by atoms with Crippen molar-refractivity contribution in [2.75, 3.05) is 27.9 Å². The van der Waals surface area contributed by atoms with Gasteiger partial charge in [0, 0.05) is 25.1 Å². The van der Waals surface area contributed by atoms with E-state index in [9.17, 15) is 4.79 Å². The summed E-state index contributed by atoms with van der Waals surface area (Å²) < 4.78 is 15.7. The number of carbonyl (C=O) groups is 1. The SMILES string of the molecule is COc1cc(OC)c(CNC(=O)CCN)c(OC)c1.Cl. The Morgan fingerprint density at radius 2 is 1.70 bits per heavy atom. The van der Waals surface area contributed by atoms with Gasteiger partial charge in [-0.05, 0) is 0 Å².